The molecule has 1 fully saturated rings. The van der Waals surface area contributed by atoms with Crippen molar-refractivity contribution in [1.82, 2.24) is 14.5 Å². The molecule has 1 aromatic heterocycles. The highest BCUT2D eigenvalue weighted by atomic mass is 32.2. The van der Waals surface area contributed by atoms with E-state index in [1.54, 1.807) is 11.8 Å². The number of aromatic nitrogens is 2. The van der Waals surface area contributed by atoms with Crippen LogP contribution in [0.5, 0.6) is 0 Å². The van der Waals surface area contributed by atoms with Gasteiger partial charge in [0, 0.05) is 13.0 Å². The van der Waals surface area contributed by atoms with Crippen LogP contribution in [0.4, 0.5) is 4.39 Å². The van der Waals surface area contributed by atoms with E-state index >= 15 is 0 Å². The van der Waals surface area contributed by atoms with Gasteiger partial charge in [0.25, 0.3) is 5.56 Å². The van der Waals surface area contributed by atoms with Crippen LogP contribution >= 0.6 is 11.8 Å². The highest BCUT2D eigenvalue weighted by Gasteiger charge is 2.38. The molecule has 1 aromatic rings. The predicted molar refractivity (Wildman–Crippen MR) is 128 cm³/mol. The Balaban J connectivity index is 2.08. The zero-order valence-electron chi connectivity index (χ0n) is 20.3. The molecular formula is C22H35FN4O7S. The zero-order chi connectivity index (χ0) is 26.1. The molecule has 1 amide bonds. The summed E-state index contributed by atoms with van der Waals surface area (Å²) >= 11 is 1.58. The van der Waals surface area contributed by atoms with Crippen molar-refractivity contribution in [2.45, 2.75) is 76.5 Å². The number of aromatic amines is 1. The van der Waals surface area contributed by atoms with Gasteiger partial charge in [-0.1, -0.05) is 20.3 Å². The second-order valence-electron chi connectivity index (χ2n) is 8.43. The second kappa shape index (κ2) is 13.8. The van der Waals surface area contributed by atoms with Crippen molar-refractivity contribution in [3.8, 4) is 0 Å². The number of rotatable bonds is 13. The highest BCUT2D eigenvalue weighted by molar-refractivity contribution is 7.98. The van der Waals surface area contributed by atoms with Crippen LogP contribution in [0.25, 0.3) is 0 Å². The Morgan fingerprint density at radius 2 is 2.09 bits per heavy atom. The van der Waals surface area contributed by atoms with E-state index < -0.39 is 53.6 Å². The number of nitrogens with one attached hydrogen (secondary N) is 1. The minimum Gasteiger partial charge on any atom is -0.461 e. The summed E-state index contributed by atoms with van der Waals surface area (Å²) in [5, 5.41) is 10.3. The van der Waals surface area contributed by atoms with E-state index in [1.165, 1.54) is 4.90 Å². The monoisotopic (exact) mass is 518 g/mol. The fourth-order valence-corrected chi connectivity index (χ4v) is 4.38. The third-order valence-electron chi connectivity index (χ3n) is 5.74. The molecule has 1 aliphatic rings. The van der Waals surface area contributed by atoms with Crippen LogP contribution in [0.3, 0.4) is 0 Å². The summed E-state index contributed by atoms with van der Waals surface area (Å²) in [6, 6.07) is -1.56. The molecule has 0 saturated carbocycles. The van der Waals surface area contributed by atoms with Crippen molar-refractivity contribution < 1.29 is 28.6 Å². The fraction of sp³-hybridized carbons (Fsp3) is 0.727. The lowest BCUT2D eigenvalue weighted by atomic mass is 10.1. The second-order valence-corrected chi connectivity index (χ2v) is 9.42. The molecule has 0 unspecified atom stereocenters. The minimum absolute atomic E-state index is 0.0727. The van der Waals surface area contributed by atoms with Crippen LogP contribution in [0.1, 0.15) is 52.2 Å². The molecule has 0 bridgehead atoms. The van der Waals surface area contributed by atoms with E-state index in [9.17, 15) is 28.7 Å². The van der Waals surface area contributed by atoms with Crippen LogP contribution < -0.4 is 17.0 Å². The van der Waals surface area contributed by atoms with Gasteiger partial charge in [-0.3, -0.25) is 19.1 Å². The number of carbonyl (C=O) groups is 2. The van der Waals surface area contributed by atoms with Crippen LogP contribution in [0.15, 0.2) is 15.8 Å². The molecule has 35 heavy (non-hydrogen) atoms. The third-order valence-corrected chi connectivity index (χ3v) is 6.38. The van der Waals surface area contributed by atoms with Crippen molar-refractivity contribution in [1.29, 1.82) is 0 Å². The van der Waals surface area contributed by atoms with Gasteiger partial charge in [-0.05, 0) is 31.3 Å². The van der Waals surface area contributed by atoms with Gasteiger partial charge >= 0.3 is 11.7 Å². The first kappa shape index (κ1) is 29.0. The van der Waals surface area contributed by atoms with Crippen LogP contribution in [0.2, 0.25) is 0 Å². The lowest BCUT2D eigenvalue weighted by Crippen LogP contribution is -2.52. The van der Waals surface area contributed by atoms with Gasteiger partial charge in [0.05, 0.1) is 18.3 Å². The Labute approximate surface area is 207 Å². The topological polar surface area (TPSA) is 157 Å². The maximum absolute atomic E-state index is 13.6. The number of aliphatic hydroxyl groups is 1. The summed E-state index contributed by atoms with van der Waals surface area (Å²) < 4.78 is 25.5. The molecule has 0 aliphatic carbocycles. The van der Waals surface area contributed by atoms with E-state index in [-0.39, 0.29) is 18.9 Å². The standard InChI is InChI=1S/C22H35FN4O7S/c1-4-6-15(26(8-5-2)20(30)14(24)7-9-35-3)21(31)33-12-17-16(28)10-18(34-17)27-11-13(23)19(29)25-22(27)32/h11,14-18,28H,4-10,12,24H2,1-3H3,(H,25,29,32)/t14-,15+,16-,17+,18+/m0/s1. The van der Waals surface area contributed by atoms with Gasteiger partial charge in [0.15, 0.2) is 0 Å². The van der Waals surface area contributed by atoms with Crippen molar-refractivity contribution in [3.05, 3.63) is 32.9 Å². The number of thioether (sulfide) groups is 1. The quantitative estimate of drug-likeness (QED) is 0.314. The number of hydrogen-bond acceptors (Lipinski definition) is 9. The summed E-state index contributed by atoms with van der Waals surface area (Å²) in [6.07, 6.45) is 1.54. The van der Waals surface area contributed by atoms with Gasteiger partial charge < -0.3 is 25.2 Å². The molecule has 11 nitrogen and oxygen atoms in total. The molecule has 1 saturated heterocycles. The van der Waals surface area contributed by atoms with Gasteiger partial charge in [-0.15, -0.1) is 0 Å². The Morgan fingerprint density at radius 1 is 1.37 bits per heavy atom. The molecule has 2 heterocycles. The van der Waals surface area contributed by atoms with Crippen molar-refractivity contribution in [2.75, 3.05) is 25.2 Å². The lowest BCUT2D eigenvalue weighted by molar-refractivity contribution is -0.161. The number of ether oxygens (including phenoxy) is 2. The van der Waals surface area contributed by atoms with Gasteiger partial charge in [-0.25, -0.2) is 9.59 Å². The largest absolute Gasteiger partial charge is 0.461 e. The van der Waals surface area contributed by atoms with Gasteiger partial charge in [0.2, 0.25) is 11.7 Å². The van der Waals surface area contributed by atoms with Crippen molar-refractivity contribution >= 4 is 23.6 Å². The summed E-state index contributed by atoms with van der Waals surface area (Å²) in [5.41, 5.74) is 4.03. The van der Waals surface area contributed by atoms with Crippen molar-refractivity contribution in [3.63, 3.8) is 0 Å². The average molecular weight is 519 g/mol. The van der Waals surface area contributed by atoms with Crippen LogP contribution in [-0.4, -0.2) is 80.9 Å². The van der Waals surface area contributed by atoms with Crippen molar-refractivity contribution in [2.24, 2.45) is 5.73 Å². The number of halogens is 1. The minimum atomic E-state index is -1.17. The molecular weight excluding hydrogens is 483 g/mol. The van der Waals surface area contributed by atoms with E-state index in [0.29, 0.717) is 38.4 Å². The highest BCUT2D eigenvalue weighted by Crippen LogP contribution is 2.28. The Morgan fingerprint density at radius 3 is 2.71 bits per heavy atom. The summed E-state index contributed by atoms with van der Waals surface area (Å²) in [7, 11) is 0. The first-order valence-corrected chi connectivity index (χ1v) is 13.1. The summed E-state index contributed by atoms with van der Waals surface area (Å²) in [5.74, 6) is -1.41. The zero-order valence-corrected chi connectivity index (χ0v) is 21.1. The molecule has 5 atom stereocenters. The smallest absolute Gasteiger partial charge is 0.330 e. The molecule has 0 radical (unpaired) electrons. The fourth-order valence-electron chi connectivity index (χ4n) is 3.89. The Bertz CT molecular complexity index is 972. The molecule has 0 spiro atoms. The SMILES string of the molecule is CCC[C@H](C(=O)OC[C@H]1O[C@@H](n2cc(F)c(=O)[nH]c2=O)C[C@@H]1O)N(CCC)C(=O)[C@@H](N)CCSC. The number of esters is 1. The van der Waals surface area contributed by atoms with E-state index in [2.05, 4.69) is 0 Å². The van der Waals surface area contributed by atoms with Crippen LogP contribution in [-0.2, 0) is 19.1 Å². The first-order valence-electron chi connectivity index (χ1n) is 11.7. The normalized spacial score (nSPS) is 21.5. The Hall–Kier alpha value is -2.22. The number of nitrogens with two attached hydrogens (primary N) is 1. The lowest BCUT2D eigenvalue weighted by Gasteiger charge is -2.32. The molecule has 2 rings (SSSR count). The van der Waals surface area contributed by atoms with E-state index in [1.807, 2.05) is 25.1 Å². The molecule has 198 valence electrons. The number of aliphatic hydroxyl groups excluding tert-OH is 1. The number of nitrogens with zero attached hydrogens (tertiary/aromatic N) is 2. The molecule has 1 aliphatic heterocycles. The number of H-pyrrole nitrogens is 1. The number of hydrogen-bond donors (Lipinski definition) is 3. The third kappa shape index (κ3) is 7.63. The predicted octanol–water partition coefficient (Wildman–Crippen LogP) is 0.355. The van der Waals surface area contributed by atoms with E-state index in [0.717, 1.165) is 10.3 Å². The maximum Gasteiger partial charge on any atom is 0.330 e. The summed E-state index contributed by atoms with van der Waals surface area (Å²) in [4.78, 5) is 52.5. The number of carbonyl (C=O) groups excluding carboxylic acids is 2. The van der Waals surface area contributed by atoms with Gasteiger partial charge in [-0.2, -0.15) is 16.2 Å². The summed E-state index contributed by atoms with van der Waals surface area (Å²) in [6.45, 7) is 3.80. The van der Waals surface area contributed by atoms with E-state index in [4.69, 9.17) is 15.2 Å². The van der Waals surface area contributed by atoms with Crippen LogP contribution in [0, 0.1) is 5.82 Å². The molecule has 0 aromatic carbocycles. The maximum atomic E-state index is 13.6. The first-order chi connectivity index (χ1) is 16.6. The number of amides is 1. The van der Waals surface area contributed by atoms with Gasteiger partial charge in [0.1, 0.15) is 25.0 Å². The average Bonchev–Trinajstić information content (AvgIpc) is 3.20. The Kier molecular flexibility index (Phi) is 11.4. The molecule has 13 heteroatoms. The molecule has 4 N–H and O–H groups in total.